The summed E-state index contributed by atoms with van der Waals surface area (Å²) in [4.78, 5) is 26.5. The van der Waals surface area contributed by atoms with E-state index in [0.717, 1.165) is 30.4 Å². The van der Waals surface area contributed by atoms with Crippen molar-refractivity contribution in [1.82, 2.24) is 0 Å². The number of hydrogen-bond donors (Lipinski definition) is 0. The van der Waals surface area contributed by atoms with Crippen LogP contribution in [0.5, 0.6) is 0 Å². The third-order valence-corrected chi connectivity index (χ3v) is 5.27. The largest absolute Gasteiger partial charge is 0.465 e. The van der Waals surface area contributed by atoms with Crippen LogP contribution in [0.4, 0.5) is 0 Å². The summed E-state index contributed by atoms with van der Waals surface area (Å²) in [6, 6.07) is 13.4. The van der Waals surface area contributed by atoms with Crippen molar-refractivity contribution in [2.24, 2.45) is 0 Å². The molecule has 0 aromatic heterocycles. The number of benzene rings is 2. The van der Waals surface area contributed by atoms with Gasteiger partial charge in [-0.2, -0.15) is 0 Å². The highest BCUT2D eigenvalue weighted by atomic mass is 16.5. The first-order chi connectivity index (χ1) is 13.7. The molecular formula is C26H34O3. The summed E-state index contributed by atoms with van der Waals surface area (Å²) >= 11 is 0. The van der Waals surface area contributed by atoms with Gasteiger partial charge in [0.15, 0.2) is 5.78 Å². The fourth-order valence-corrected chi connectivity index (χ4v) is 3.58. The van der Waals surface area contributed by atoms with Gasteiger partial charge in [0.1, 0.15) is 5.92 Å². The van der Waals surface area contributed by atoms with E-state index in [4.69, 9.17) is 4.74 Å². The lowest BCUT2D eigenvalue weighted by atomic mass is 9.81. The van der Waals surface area contributed by atoms with Crippen LogP contribution in [0.2, 0.25) is 0 Å². The molecular weight excluding hydrogens is 360 g/mol. The minimum atomic E-state index is -0.935. The van der Waals surface area contributed by atoms with Crippen LogP contribution in [0.15, 0.2) is 42.5 Å². The van der Waals surface area contributed by atoms with Gasteiger partial charge in [0.05, 0.1) is 6.61 Å². The molecule has 0 aliphatic heterocycles. The Labute approximate surface area is 175 Å². The molecule has 2 rings (SSSR count). The first-order valence-electron chi connectivity index (χ1n) is 10.5. The van der Waals surface area contributed by atoms with Crippen molar-refractivity contribution in [3.63, 3.8) is 0 Å². The summed E-state index contributed by atoms with van der Waals surface area (Å²) < 4.78 is 5.50. The average Bonchev–Trinajstić information content (AvgIpc) is 2.65. The fourth-order valence-electron chi connectivity index (χ4n) is 3.58. The van der Waals surface area contributed by atoms with Gasteiger partial charge in [-0.1, -0.05) is 83.0 Å². The number of carbonyl (C=O) groups is 2. The predicted octanol–water partition coefficient (Wildman–Crippen LogP) is 6.30. The summed E-state index contributed by atoms with van der Waals surface area (Å²) in [7, 11) is 0. The van der Waals surface area contributed by atoms with E-state index in [9.17, 15) is 9.59 Å². The molecule has 3 heteroatoms. The van der Waals surface area contributed by atoms with Crippen molar-refractivity contribution < 1.29 is 14.3 Å². The third-order valence-electron chi connectivity index (χ3n) is 5.27. The van der Waals surface area contributed by atoms with Gasteiger partial charge in [0.25, 0.3) is 0 Å². The summed E-state index contributed by atoms with van der Waals surface area (Å²) in [5.41, 5.74) is 4.28. The lowest BCUT2D eigenvalue weighted by Gasteiger charge is -2.23. The normalized spacial score (nSPS) is 12.5. The fraction of sp³-hybridized carbons (Fsp3) is 0.462. The molecule has 2 aromatic rings. The van der Waals surface area contributed by atoms with Gasteiger partial charge in [-0.3, -0.25) is 9.59 Å². The van der Waals surface area contributed by atoms with Gasteiger partial charge in [0, 0.05) is 5.56 Å². The molecule has 0 N–H and O–H groups in total. The predicted molar refractivity (Wildman–Crippen MR) is 119 cm³/mol. The number of Topliss-reactive ketones (excluding diaryl/α,β-unsaturated/α-hetero) is 1. The number of unbranched alkanes of at least 4 members (excludes halogenated alkanes) is 2. The number of aryl methyl sites for hydroxylation is 2. The van der Waals surface area contributed by atoms with Crippen LogP contribution in [-0.4, -0.2) is 18.4 Å². The SMILES string of the molecule is CCCCCOC(=O)C(C(=O)c1c(C)cc(C(C)(C)C)cc1C)c1ccccc1. The second kappa shape index (κ2) is 9.87. The van der Waals surface area contributed by atoms with Crippen molar-refractivity contribution in [1.29, 1.82) is 0 Å². The van der Waals surface area contributed by atoms with Crippen LogP contribution >= 0.6 is 0 Å². The van der Waals surface area contributed by atoms with Gasteiger partial charge in [-0.05, 0) is 47.9 Å². The van der Waals surface area contributed by atoms with Crippen molar-refractivity contribution in [3.05, 3.63) is 70.3 Å². The Balaban J connectivity index is 2.41. The Morgan fingerprint density at radius 2 is 1.55 bits per heavy atom. The van der Waals surface area contributed by atoms with Crippen LogP contribution in [0.1, 0.15) is 85.5 Å². The van der Waals surface area contributed by atoms with Crippen LogP contribution < -0.4 is 0 Å². The van der Waals surface area contributed by atoms with E-state index < -0.39 is 11.9 Å². The van der Waals surface area contributed by atoms with Gasteiger partial charge in [-0.25, -0.2) is 0 Å². The smallest absolute Gasteiger partial charge is 0.321 e. The topological polar surface area (TPSA) is 43.4 Å². The number of carbonyl (C=O) groups excluding carboxylic acids is 2. The van der Waals surface area contributed by atoms with Crippen molar-refractivity contribution in [3.8, 4) is 0 Å². The minimum absolute atomic E-state index is 0.00582. The summed E-state index contributed by atoms with van der Waals surface area (Å²) in [5.74, 6) is -1.58. The highest BCUT2D eigenvalue weighted by Gasteiger charge is 2.33. The van der Waals surface area contributed by atoms with Crippen molar-refractivity contribution in [2.45, 2.75) is 72.1 Å². The van der Waals surface area contributed by atoms with Crippen LogP contribution in [0.25, 0.3) is 0 Å². The maximum Gasteiger partial charge on any atom is 0.321 e. The van der Waals surface area contributed by atoms with Crippen LogP contribution in [0.3, 0.4) is 0 Å². The molecule has 3 nitrogen and oxygen atoms in total. The van der Waals surface area contributed by atoms with Gasteiger partial charge < -0.3 is 4.74 Å². The monoisotopic (exact) mass is 394 g/mol. The second-order valence-electron chi connectivity index (χ2n) is 8.82. The van der Waals surface area contributed by atoms with E-state index in [-0.39, 0.29) is 11.2 Å². The molecule has 1 atom stereocenters. The standard InChI is InChI=1S/C26H34O3/c1-7-8-12-15-29-25(28)23(20-13-10-9-11-14-20)24(27)22-18(2)16-21(17-19(22)3)26(4,5)6/h9-11,13-14,16-17,23H,7-8,12,15H2,1-6H3. The molecule has 0 saturated heterocycles. The molecule has 0 saturated carbocycles. The molecule has 0 amide bonds. The Morgan fingerprint density at radius 1 is 0.966 bits per heavy atom. The van der Waals surface area contributed by atoms with E-state index in [0.29, 0.717) is 17.7 Å². The lowest BCUT2D eigenvalue weighted by molar-refractivity contribution is -0.144. The summed E-state index contributed by atoms with van der Waals surface area (Å²) in [6.45, 7) is 12.8. The Bertz CT molecular complexity index is 821. The molecule has 156 valence electrons. The van der Waals surface area contributed by atoms with Gasteiger partial charge in [0.2, 0.25) is 0 Å². The van der Waals surface area contributed by atoms with E-state index in [1.165, 1.54) is 5.56 Å². The molecule has 29 heavy (non-hydrogen) atoms. The van der Waals surface area contributed by atoms with E-state index in [1.807, 2.05) is 44.2 Å². The lowest BCUT2D eigenvalue weighted by Crippen LogP contribution is -2.26. The highest BCUT2D eigenvalue weighted by Crippen LogP contribution is 2.31. The number of ketones is 1. The summed E-state index contributed by atoms with van der Waals surface area (Å²) in [5, 5.41) is 0. The Kier molecular flexibility index (Phi) is 7.78. The van der Waals surface area contributed by atoms with E-state index >= 15 is 0 Å². The number of esters is 1. The quantitative estimate of drug-likeness (QED) is 0.228. The molecule has 0 bridgehead atoms. The maximum atomic E-state index is 13.6. The minimum Gasteiger partial charge on any atom is -0.465 e. The number of hydrogen-bond acceptors (Lipinski definition) is 3. The maximum absolute atomic E-state index is 13.6. The van der Waals surface area contributed by atoms with Crippen molar-refractivity contribution in [2.75, 3.05) is 6.61 Å². The second-order valence-corrected chi connectivity index (χ2v) is 8.82. The number of ether oxygens (including phenoxy) is 1. The Morgan fingerprint density at radius 3 is 2.07 bits per heavy atom. The van der Waals surface area contributed by atoms with Gasteiger partial charge >= 0.3 is 5.97 Å². The zero-order valence-electron chi connectivity index (χ0n) is 18.7. The molecule has 0 aliphatic rings. The van der Waals surface area contributed by atoms with E-state index in [2.05, 4.69) is 39.8 Å². The molecule has 2 aromatic carbocycles. The molecule has 0 spiro atoms. The summed E-state index contributed by atoms with van der Waals surface area (Å²) in [6.07, 6.45) is 2.87. The van der Waals surface area contributed by atoms with Crippen LogP contribution in [-0.2, 0) is 14.9 Å². The van der Waals surface area contributed by atoms with Crippen molar-refractivity contribution >= 4 is 11.8 Å². The van der Waals surface area contributed by atoms with Gasteiger partial charge in [-0.15, -0.1) is 0 Å². The molecule has 1 unspecified atom stereocenters. The molecule has 0 heterocycles. The zero-order chi connectivity index (χ0) is 21.6. The highest BCUT2D eigenvalue weighted by molar-refractivity contribution is 6.14. The molecule has 0 radical (unpaired) electrons. The Hall–Kier alpha value is -2.42. The molecule has 0 fully saturated rings. The third kappa shape index (κ3) is 5.79. The first-order valence-corrected chi connectivity index (χ1v) is 10.5. The molecule has 0 aliphatic carbocycles. The van der Waals surface area contributed by atoms with E-state index in [1.54, 1.807) is 0 Å². The van der Waals surface area contributed by atoms with Crippen LogP contribution in [0, 0.1) is 13.8 Å². The average molecular weight is 395 g/mol. The number of rotatable bonds is 8. The first kappa shape index (κ1) is 22.9. The zero-order valence-corrected chi connectivity index (χ0v) is 18.7.